The van der Waals surface area contributed by atoms with Gasteiger partial charge in [0.05, 0.1) is 16.8 Å². The number of aromatic nitrogens is 4. The van der Waals surface area contributed by atoms with E-state index in [9.17, 15) is 14.7 Å². The van der Waals surface area contributed by atoms with Crippen molar-refractivity contribution in [3.05, 3.63) is 23.5 Å². The van der Waals surface area contributed by atoms with Gasteiger partial charge < -0.3 is 19.5 Å². The Hall–Kier alpha value is -3.17. The van der Waals surface area contributed by atoms with Crippen molar-refractivity contribution in [3.63, 3.8) is 0 Å². The fourth-order valence-electron chi connectivity index (χ4n) is 5.98. The van der Waals surface area contributed by atoms with Crippen LogP contribution < -0.4 is 4.74 Å². The molecule has 0 unspecified atom stereocenters. The van der Waals surface area contributed by atoms with Crippen molar-refractivity contribution in [1.29, 1.82) is 0 Å². The molecular weight excluding hydrogens is 462 g/mol. The highest BCUT2D eigenvalue weighted by molar-refractivity contribution is 5.80. The summed E-state index contributed by atoms with van der Waals surface area (Å²) in [6.07, 6.45) is 6.09. The van der Waals surface area contributed by atoms with E-state index in [2.05, 4.69) is 10.3 Å². The van der Waals surface area contributed by atoms with Crippen molar-refractivity contribution >= 4 is 12.1 Å². The molecule has 194 valence electrons. The van der Waals surface area contributed by atoms with Gasteiger partial charge in [-0.1, -0.05) is 18.6 Å². The van der Waals surface area contributed by atoms with Crippen molar-refractivity contribution in [2.75, 3.05) is 13.6 Å². The number of carbonyl (C=O) groups is 2. The summed E-state index contributed by atoms with van der Waals surface area (Å²) in [5, 5.41) is 18.2. The van der Waals surface area contributed by atoms with Crippen molar-refractivity contribution < 1.29 is 24.2 Å². The summed E-state index contributed by atoms with van der Waals surface area (Å²) in [5.74, 6) is 0.502. The lowest BCUT2D eigenvalue weighted by molar-refractivity contribution is -0.147. The van der Waals surface area contributed by atoms with Crippen molar-refractivity contribution in [2.45, 2.75) is 71.5 Å². The fraction of sp³-hybridized carbons (Fsp3) is 0.654. The number of aliphatic carboxylic acids is 1. The number of aryl methyl sites for hydroxylation is 2. The Morgan fingerprint density at radius 1 is 1.25 bits per heavy atom. The third-order valence-corrected chi connectivity index (χ3v) is 8.72. The molecule has 0 bridgehead atoms. The van der Waals surface area contributed by atoms with Crippen LogP contribution in [-0.4, -0.2) is 61.7 Å². The van der Waals surface area contributed by atoms with Crippen LogP contribution in [0.4, 0.5) is 4.79 Å². The van der Waals surface area contributed by atoms with Gasteiger partial charge in [-0.25, -0.2) is 14.5 Å². The summed E-state index contributed by atoms with van der Waals surface area (Å²) in [7, 11) is 3.53. The van der Waals surface area contributed by atoms with E-state index in [4.69, 9.17) is 14.5 Å². The van der Waals surface area contributed by atoms with E-state index in [1.165, 1.54) is 19.3 Å². The van der Waals surface area contributed by atoms with Crippen LogP contribution in [0.3, 0.4) is 0 Å². The number of nitrogens with zero attached hydrogens (tertiary/aromatic N) is 5. The fourth-order valence-corrected chi connectivity index (χ4v) is 5.98. The Kier molecular flexibility index (Phi) is 6.16. The molecule has 3 aliphatic rings. The molecule has 36 heavy (non-hydrogen) atoms. The molecule has 3 fully saturated rings. The lowest BCUT2D eigenvalue weighted by Crippen LogP contribution is -2.38. The first kappa shape index (κ1) is 24.5. The second-order valence-electron chi connectivity index (χ2n) is 11.0. The quantitative estimate of drug-likeness (QED) is 0.582. The number of hydrogen-bond donors (Lipinski definition) is 1. The maximum atomic E-state index is 12.5. The summed E-state index contributed by atoms with van der Waals surface area (Å²) in [6, 6.07) is 3.68. The Balaban J connectivity index is 1.27. The van der Waals surface area contributed by atoms with E-state index < -0.39 is 11.4 Å². The minimum atomic E-state index is -0.714. The third kappa shape index (κ3) is 4.10. The van der Waals surface area contributed by atoms with Crippen molar-refractivity contribution in [1.82, 2.24) is 24.9 Å². The average Bonchev–Trinajstić information content (AvgIpc) is 3.33. The predicted octanol–water partition coefficient (Wildman–Crippen LogP) is 3.97. The highest BCUT2D eigenvalue weighted by atomic mass is 16.6. The molecule has 3 saturated carbocycles. The summed E-state index contributed by atoms with van der Waals surface area (Å²) >= 11 is 0. The Morgan fingerprint density at radius 2 is 2.03 bits per heavy atom. The van der Waals surface area contributed by atoms with Gasteiger partial charge in [0.25, 0.3) is 0 Å². The SMILES string of the molecule is Cc1nc(-c2nnn(C)c2COC(=O)N(C)CC2CCC2)ccc1O[C@@H]1CCC[C@@]2(C(=O)O)C[C@@]12C. The Bertz CT molecular complexity index is 1180. The number of carboxylic acids is 1. The van der Waals surface area contributed by atoms with Gasteiger partial charge in [0.2, 0.25) is 0 Å². The van der Waals surface area contributed by atoms with E-state index in [-0.39, 0.29) is 24.2 Å². The maximum absolute atomic E-state index is 12.5. The summed E-state index contributed by atoms with van der Waals surface area (Å²) < 4.78 is 13.5. The van der Waals surface area contributed by atoms with Gasteiger partial charge in [-0.2, -0.15) is 0 Å². The number of carboxylic acid groups (broad SMARTS) is 1. The van der Waals surface area contributed by atoms with Gasteiger partial charge in [0, 0.05) is 26.1 Å². The van der Waals surface area contributed by atoms with E-state index >= 15 is 0 Å². The van der Waals surface area contributed by atoms with Gasteiger partial charge in [-0.3, -0.25) is 4.79 Å². The molecule has 0 aromatic carbocycles. The molecule has 10 heteroatoms. The van der Waals surface area contributed by atoms with Crippen LogP contribution >= 0.6 is 0 Å². The van der Waals surface area contributed by atoms with Gasteiger partial charge >= 0.3 is 12.1 Å². The van der Waals surface area contributed by atoms with E-state index in [1.54, 1.807) is 23.7 Å². The molecule has 2 heterocycles. The first-order chi connectivity index (χ1) is 17.1. The third-order valence-electron chi connectivity index (χ3n) is 8.72. The van der Waals surface area contributed by atoms with Crippen LogP contribution in [-0.2, 0) is 23.2 Å². The van der Waals surface area contributed by atoms with Gasteiger partial charge in [-0.15, -0.1) is 5.10 Å². The zero-order chi connectivity index (χ0) is 25.7. The van der Waals surface area contributed by atoms with Crippen LogP contribution in [0.15, 0.2) is 12.1 Å². The number of hydrogen-bond acceptors (Lipinski definition) is 7. The molecule has 5 rings (SSSR count). The standard InChI is InChI=1S/C26H35N5O5/c1-16-20(36-21-9-6-12-26(23(32)33)15-25(21,26)2)11-10-18(27-16)22-19(31(4)29-28-22)14-35-24(34)30(3)13-17-7-5-8-17/h10-11,17,21H,5-9,12-15H2,1-4H3,(H,32,33)/t21-,25+,26+/m1/s1. The number of fused-ring (bicyclic) bond motifs is 1. The molecule has 0 aliphatic heterocycles. The summed E-state index contributed by atoms with van der Waals surface area (Å²) in [6.45, 7) is 4.65. The number of ether oxygens (including phenoxy) is 2. The Labute approximate surface area is 211 Å². The van der Waals surface area contributed by atoms with E-state index in [0.29, 0.717) is 53.8 Å². The smallest absolute Gasteiger partial charge is 0.409 e. The molecular formula is C26H35N5O5. The Morgan fingerprint density at radius 3 is 2.69 bits per heavy atom. The minimum absolute atomic E-state index is 0.0450. The molecule has 1 N–H and O–H groups in total. The van der Waals surface area contributed by atoms with E-state index in [1.807, 2.05) is 26.0 Å². The molecule has 1 amide bonds. The first-order valence-electron chi connectivity index (χ1n) is 12.8. The summed E-state index contributed by atoms with van der Waals surface area (Å²) in [4.78, 5) is 30.7. The van der Waals surface area contributed by atoms with Crippen molar-refractivity contribution in [3.8, 4) is 17.1 Å². The topological polar surface area (TPSA) is 120 Å². The van der Waals surface area contributed by atoms with Gasteiger partial charge in [0.15, 0.2) is 0 Å². The number of carbonyl (C=O) groups excluding carboxylic acids is 1. The van der Waals surface area contributed by atoms with Gasteiger partial charge in [0.1, 0.15) is 29.8 Å². The van der Waals surface area contributed by atoms with Crippen LogP contribution in [0.2, 0.25) is 0 Å². The monoisotopic (exact) mass is 497 g/mol. The largest absolute Gasteiger partial charge is 0.488 e. The van der Waals surface area contributed by atoms with Crippen LogP contribution in [0.5, 0.6) is 5.75 Å². The lowest BCUT2D eigenvalue weighted by atomic mass is 9.78. The molecule has 0 radical (unpaired) electrons. The molecule has 10 nitrogen and oxygen atoms in total. The second kappa shape index (κ2) is 9.05. The zero-order valence-electron chi connectivity index (χ0n) is 21.5. The minimum Gasteiger partial charge on any atom is -0.488 e. The lowest BCUT2D eigenvalue weighted by Gasteiger charge is -2.33. The maximum Gasteiger partial charge on any atom is 0.409 e. The van der Waals surface area contributed by atoms with Crippen LogP contribution in [0.25, 0.3) is 11.4 Å². The number of pyridine rings is 1. The highest BCUT2D eigenvalue weighted by Crippen LogP contribution is 2.71. The average molecular weight is 498 g/mol. The van der Waals surface area contributed by atoms with Crippen LogP contribution in [0, 0.1) is 23.7 Å². The molecule has 0 spiro atoms. The first-order valence-corrected chi connectivity index (χ1v) is 12.8. The molecule has 2 aromatic rings. The molecule has 2 aromatic heterocycles. The second-order valence-corrected chi connectivity index (χ2v) is 11.0. The molecule has 3 aliphatic carbocycles. The predicted molar refractivity (Wildman–Crippen MR) is 130 cm³/mol. The molecule has 0 saturated heterocycles. The van der Waals surface area contributed by atoms with Crippen molar-refractivity contribution in [2.24, 2.45) is 23.8 Å². The van der Waals surface area contributed by atoms with Gasteiger partial charge in [-0.05, 0) is 63.5 Å². The highest BCUT2D eigenvalue weighted by Gasteiger charge is 2.74. The number of rotatable bonds is 8. The zero-order valence-corrected chi connectivity index (χ0v) is 21.5. The molecule has 3 atom stereocenters. The summed E-state index contributed by atoms with van der Waals surface area (Å²) in [5.41, 5.74) is 1.51. The van der Waals surface area contributed by atoms with Crippen LogP contribution in [0.1, 0.15) is 63.3 Å². The van der Waals surface area contributed by atoms with E-state index in [0.717, 1.165) is 12.8 Å². The normalized spacial score (nSPS) is 27.1. The number of amides is 1.